The Labute approximate surface area is 121 Å². The van der Waals surface area contributed by atoms with Crippen LogP contribution in [-0.2, 0) is 15.0 Å². The van der Waals surface area contributed by atoms with Gasteiger partial charge in [0.2, 0.25) is 0 Å². The van der Waals surface area contributed by atoms with Crippen molar-refractivity contribution in [1.29, 1.82) is 0 Å². The first-order chi connectivity index (χ1) is 9.34. The van der Waals surface area contributed by atoms with E-state index in [-0.39, 0.29) is 6.54 Å². The van der Waals surface area contributed by atoms with E-state index in [4.69, 9.17) is 5.11 Å². The minimum atomic E-state index is -3.69. The highest BCUT2D eigenvalue weighted by Gasteiger charge is 2.36. The van der Waals surface area contributed by atoms with Gasteiger partial charge in [-0.2, -0.15) is 12.7 Å². The van der Waals surface area contributed by atoms with Crippen molar-refractivity contribution >= 4 is 16.2 Å². The molecule has 0 saturated carbocycles. The van der Waals surface area contributed by atoms with Gasteiger partial charge in [-0.1, -0.05) is 0 Å². The minimum absolute atomic E-state index is 0.282. The lowest BCUT2D eigenvalue weighted by Crippen LogP contribution is -2.52. The average molecular weight is 307 g/mol. The molecule has 0 aromatic rings. The van der Waals surface area contributed by atoms with E-state index < -0.39 is 22.2 Å². The first kappa shape index (κ1) is 17.4. The van der Waals surface area contributed by atoms with Gasteiger partial charge in [0.25, 0.3) is 10.2 Å². The lowest BCUT2D eigenvalue weighted by molar-refractivity contribution is -0.142. The fourth-order valence-electron chi connectivity index (χ4n) is 2.28. The highest BCUT2D eigenvalue weighted by Crippen LogP contribution is 2.19. The molecule has 1 unspecified atom stereocenters. The fraction of sp³-hybridized carbons (Fsp3) is 0.917. The molecular weight excluding hydrogens is 282 g/mol. The number of nitrogens with one attached hydrogen (secondary N) is 1. The zero-order valence-corrected chi connectivity index (χ0v) is 13.0. The summed E-state index contributed by atoms with van der Waals surface area (Å²) < 4.78 is 27.9. The van der Waals surface area contributed by atoms with Gasteiger partial charge in [0.1, 0.15) is 6.04 Å². The second-order valence-corrected chi connectivity index (χ2v) is 7.08. The summed E-state index contributed by atoms with van der Waals surface area (Å²) in [4.78, 5) is 13.2. The molecule has 7 nitrogen and oxygen atoms in total. The summed E-state index contributed by atoms with van der Waals surface area (Å²) in [6.45, 7) is 1.53. The number of piperidine rings is 1. The van der Waals surface area contributed by atoms with Gasteiger partial charge < -0.3 is 10.0 Å². The number of carboxylic acids is 1. The third kappa shape index (κ3) is 5.35. The van der Waals surface area contributed by atoms with E-state index in [0.717, 1.165) is 30.1 Å². The van der Waals surface area contributed by atoms with Crippen molar-refractivity contribution < 1.29 is 18.3 Å². The van der Waals surface area contributed by atoms with Crippen LogP contribution >= 0.6 is 0 Å². The fourth-order valence-corrected chi connectivity index (χ4v) is 3.74. The molecule has 0 amide bonds. The molecule has 0 spiro atoms. The smallest absolute Gasteiger partial charge is 0.322 e. The Morgan fingerprint density at radius 2 is 2.05 bits per heavy atom. The van der Waals surface area contributed by atoms with E-state index in [0.29, 0.717) is 19.4 Å². The molecule has 0 aliphatic carbocycles. The molecule has 1 saturated heterocycles. The van der Waals surface area contributed by atoms with E-state index in [2.05, 4.69) is 4.72 Å². The number of carboxylic acid groups (broad SMARTS) is 1. The molecule has 1 rings (SSSR count). The summed E-state index contributed by atoms with van der Waals surface area (Å²) in [5.41, 5.74) is 0. The number of rotatable bonds is 8. The van der Waals surface area contributed by atoms with E-state index in [1.165, 1.54) is 0 Å². The number of aliphatic carboxylic acids is 1. The van der Waals surface area contributed by atoms with Gasteiger partial charge in [0, 0.05) is 13.1 Å². The maximum Gasteiger partial charge on any atom is 0.322 e. The van der Waals surface area contributed by atoms with Gasteiger partial charge in [-0.05, 0) is 52.7 Å². The number of carbonyl (C=O) groups is 1. The predicted molar refractivity (Wildman–Crippen MR) is 76.7 cm³/mol. The second-order valence-electron chi connectivity index (χ2n) is 5.37. The standard InChI is InChI=1S/C12H25N3O4S/c1-14(2)9-6-4-8-13-20(18,19)15-10-5-3-7-11(15)12(16)17/h11,13H,3-10H2,1-2H3,(H,16,17). The van der Waals surface area contributed by atoms with Crippen LogP contribution in [0.2, 0.25) is 0 Å². The van der Waals surface area contributed by atoms with Gasteiger partial charge in [-0.3, -0.25) is 4.79 Å². The number of nitrogens with zero attached hydrogens (tertiary/aromatic N) is 2. The molecule has 0 aromatic heterocycles. The van der Waals surface area contributed by atoms with Gasteiger partial charge in [0.15, 0.2) is 0 Å². The number of unbranched alkanes of at least 4 members (excludes halogenated alkanes) is 1. The minimum Gasteiger partial charge on any atom is -0.480 e. The molecule has 1 heterocycles. The molecule has 2 N–H and O–H groups in total. The average Bonchev–Trinajstić information content (AvgIpc) is 2.37. The van der Waals surface area contributed by atoms with Crippen molar-refractivity contribution in [1.82, 2.24) is 13.9 Å². The molecule has 118 valence electrons. The van der Waals surface area contributed by atoms with Gasteiger partial charge >= 0.3 is 5.97 Å². The van der Waals surface area contributed by atoms with Crippen molar-refractivity contribution in [3.63, 3.8) is 0 Å². The zero-order valence-electron chi connectivity index (χ0n) is 12.2. The molecular formula is C12H25N3O4S. The highest BCUT2D eigenvalue weighted by atomic mass is 32.2. The summed E-state index contributed by atoms with van der Waals surface area (Å²) in [5, 5.41) is 9.10. The van der Waals surface area contributed by atoms with Crippen molar-refractivity contribution in [2.45, 2.75) is 38.1 Å². The molecule has 1 aliphatic heterocycles. The van der Waals surface area contributed by atoms with Crippen molar-refractivity contribution in [3.05, 3.63) is 0 Å². The van der Waals surface area contributed by atoms with Crippen molar-refractivity contribution in [3.8, 4) is 0 Å². The Balaban J connectivity index is 2.47. The Hall–Kier alpha value is -0.700. The second kappa shape index (κ2) is 7.92. The lowest BCUT2D eigenvalue weighted by Gasteiger charge is -2.31. The maximum absolute atomic E-state index is 12.1. The van der Waals surface area contributed by atoms with Crippen LogP contribution < -0.4 is 4.72 Å². The third-order valence-electron chi connectivity index (χ3n) is 3.36. The summed E-state index contributed by atoms with van der Waals surface area (Å²) in [7, 11) is 0.246. The summed E-state index contributed by atoms with van der Waals surface area (Å²) in [6, 6.07) is -0.928. The van der Waals surface area contributed by atoms with Crippen LogP contribution in [0.25, 0.3) is 0 Å². The monoisotopic (exact) mass is 307 g/mol. The Morgan fingerprint density at radius 1 is 1.35 bits per heavy atom. The molecule has 1 aliphatic rings. The topological polar surface area (TPSA) is 90.0 Å². The van der Waals surface area contributed by atoms with E-state index >= 15 is 0 Å². The van der Waals surface area contributed by atoms with Crippen LogP contribution in [-0.4, -0.2) is 68.5 Å². The molecule has 0 radical (unpaired) electrons. The molecule has 1 atom stereocenters. The number of hydrogen-bond acceptors (Lipinski definition) is 4. The Kier molecular flexibility index (Phi) is 6.87. The van der Waals surface area contributed by atoms with E-state index in [1.54, 1.807) is 0 Å². The molecule has 0 aromatic carbocycles. The van der Waals surface area contributed by atoms with Crippen LogP contribution in [0.15, 0.2) is 0 Å². The normalized spacial score (nSPS) is 21.2. The summed E-state index contributed by atoms with van der Waals surface area (Å²) in [5.74, 6) is -1.07. The van der Waals surface area contributed by atoms with Crippen LogP contribution in [0.1, 0.15) is 32.1 Å². The van der Waals surface area contributed by atoms with E-state index in [9.17, 15) is 13.2 Å². The first-order valence-corrected chi connectivity index (χ1v) is 8.42. The van der Waals surface area contributed by atoms with Crippen molar-refractivity contribution in [2.24, 2.45) is 0 Å². The first-order valence-electron chi connectivity index (χ1n) is 6.98. The van der Waals surface area contributed by atoms with Gasteiger partial charge in [-0.15, -0.1) is 0 Å². The Morgan fingerprint density at radius 3 is 2.65 bits per heavy atom. The van der Waals surface area contributed by atoms with Crippen LogP contribution in [0.5, 0.6) is 0 Å². The van der Waals surface area contributed by atoms with Crippen molar-refractivity contribution in [2.75, 3.05) is 33.7 Å². The number of hydrogen-bond donors (Lipinski definition) is 2. The van der Waals surface area contributed by atoms with Gasteiger partial charge in [-0.25, -0.2) is 4.72 Å². The van der Waals surface area contributed by atoms with Crippen LogP contribution in [0.4, 0.5) is 0 Å². The SMILES string of the molecule is CN(C)CCCCNS(=O)(=O)N1CCCCC1C(=O)O. The molecule has 1 fully saturated rings. The molecule has 8 heteroatoms. The lowest BCUT2D eigenvalue weighted by atomic mass is 10.1. The highest BCUT2D eigenvalue weighted by molar-refractivity contribution is 7.87. The quantitative estimate of drug-likeness (QED) is 0.621. The van der Waals surface area contributed by atoms with Crippen LogP contribution in [0.3, 0.4) is 0 Å². The summed E-state index contributed by atoms with van der Waals surface area (Å²) >= 11 is 0. The molecule has 20 heavy (non-hydrogen) atoms. The zero-order chi connectivity index (χ0) is 15.2. The summed E-state index contributed by atoms with van der Waals surface area (Å²) in [6.07, 6.45) is 3.49. The Bertz CT molecular complexity index is 411. The maximum atomic E-state index is 12.1. The molecule has 0 bridgehead atoms. The van der Waals surface area contributed by atoms with Crippen LogP contribution in [0, 0.1) is 0 Å². The van der Waals surface area contributed by atoms with Gasteiger partial charge in [0.05, 0.1) is 0 Å². The predicted octanol–water partition coefficient (Wildman–Crippen LogP) is 0.102. The van der Waals surface area contributed by atoms with E-state index in [1.807, 2.05) is 19.0 Å². The largest absolute Gasteiger partial charge is 0.480 e. The third-order valence-corrected chi connectivity index (χ3v) is 4.99.